The molecule has 1 aromatic carbocycles. The van der Waals surface area contributed by atoms with Crippen molar-refractivity contribution < 1.29 is 14.5 Å². The van der Waals surface area contributed by atoms with Gasteiger partial charge in [0.05, 0.1) is 15.5 Å². The molecule has 0 aliphatic rings. The van der Waals surface area contributed by atoms with Gasteiger partial charge >= 0.3 is 0 Å². The van der Waals surface area contributed by atoms with Crippen molar-refractivity contribution in [2.24, 2.45) is 13.0 Å². The summed E-state index contributed by atoms with van der Waals surface area (Å²) >= 11 is 5.96. The van der Waals surface area contributed by atoms with Gasteiger partial charge in [-0.2, -0.15) is 5.10 Å². The smallest absolute Gasteiger partial charge is 0.270 e. The molecule has 2 aromatic rings. The van der Waals surface area contributed by atoms with Gasteiger partial charge in [0.15, 0.2) is 5.82 Å². The van der Waals surface area contributed by atoms with Crippen LogP contribution < -0.4 is 10.6 Å². The van der Waals surface area contributed by atoms with Gasteiger partial charge < -0.3 is 10.6 Å². The number of hydrogen-bond acceptors (Lipinski definition) is 5. The first-order valence-electron chi connectivity index (χ1n) is 7.74. The first-order valence-corrected chi connectivity index (χ1v) is 8.12. The second kappa shape index (κ2) is 7.96. The lowest BCUT2D eigenvalue weighted by molar-refractivity contribution is -0.384. The molecule has 0 unspecified atom stereocenters. The topological polar surface area (TPSA) is 119 Å². The zero-order chi connectivity index (χ0) is 19.4. The highest BCUT2D eigenvalue weighted by Gasteiger charge is 2.26. The van der Waals surface area contributed by atoms with E-state index >= 15 is 0 Å². The highest BCUT2D eigenvalue weighted by atomic mass is 35.5. The summed E-state index contributed by atoms with van der Waals surface area (Å²) < 4.78 is 1.54. The van der Waals surface area contributed by atoms with Crippen molar-refractivity contribution in [1.82, 2.24) is 15.1 Å². The van der Waals surface area contributed by atoms with Crippen molar-refractivity contribution in [3.05, 3.63) is 51.2 Å². The summed E-state index contributed by atoms with van der Waals surface area (Å²) in [4.78, 5) is 35.1. The monoisotopic (exact) mass is 379 g/mol. The Kier molecular flexibility index (Phi) is 5.93. The van der Waals surface area contributed by atoms with Gasteiger partial charge in [-0.1, -0.05) is 25.4 Å². The molecule has 0 saturated heterocycles. The Morgan fingerprint density at radius 1 is 1.31 bits per heavy atom. The number of halogens is 1. The molecule has 2 N–H and O–H groups in total. The van der Waals surface area contributed by atoms with E-state index in [1.165, 1.54) is 16.8 Å². The highest BCUT2D eigenvalue weighted by Crippen LogP contribution is 2.22. The minimum Gasteiger partial charge on any atom is -0.340 e. The molecule has 0 fully saturated rings. The number of carbonyl (C=O) groups is 2. The van der Waals surface area contributed by atoms with E-state index in [1.54, 1.807) is 33.2 Å². The predicted octanol–water partition coefficient (Wildman–Crippen LogP) is 2.37. The zero-order valence-electron chi connectivity index (χ0n) is 14.4. The fourth-order valence-electron chi connectivity index (χ4n) is 2.24. The number of amides is 2. The van der Waals surface area contributed by atoms with E-state index in [-0.39, 0.29) is 22.2 Å². The standard InChI is InChI=1S/C16H18ClN5O4/c1-9(2)14(16(24)18-13-6-7-21(3)20-13)19-15(23)11-5-4-10(22(25)26)8-12(11)17/h4-9,14H,1-3H3,(H,19,23)(H,18,20,24)/t14-/m0/s1. The molecule has 1 aromatic heterocycles. The molecule has 0 spiro atoms. The lowest BCUT2D eigenvalue weighted by Gasteiger charge is -2.21. The van der Waals surface area contributed by atoms with Gasteiger partial charge in [0.2, 0.25) is 5.91 Å². The Labute approximate surface area is 154 Å². The van der Waals surface area contributed by atoms with Crippen molar-refractivity contribution in [3.8, 4) is 0 Å². The molecule has 0 radical (unpaired) electrons. The quantitative estimate of drug-likeness (QED) is 0.589. The zero-order valence-corrected chi connectivity index (χ0v) is 15.1. The molecule has 2 rings (SSSR count). The Morgan fingerprint density at radius 2 is 2.00 bits per heavy atom. The number of rotatable bonds is 6. The fraction of sp³-hybridized carbons (Fsp3) is 0.312. The summed E-state index contributed by atoms with van der Waals surface area (Å²) in [5, 5.41) is 20.0. The number of benzene rings is 1. The van der Waals surface area contributed by atoms with E-state index < -0.39 is 22.8 Å². The molecule has 9 nitrogen and oxygen atoms in total. The third-order valence-corrected chi connectivity index (χ3v) is 3.92. The lowest BCUT2D eigenvalue weighted by atomic mass is 10.0. The molecule has 0 aliphatic carbocycles. The number of aryl methyl sites for hydroxylation is 1. The minimum atomic E-state index is -0.837. The molecule has 1 atom stereocenters. The number of nitro benzene ring substituents is 1. The van der Waals surface area contributed by atoms with E-state index in [1.807, 2.05) is 0 Å². The van der Waals surface area contributed by atoms with E-state index in [0.29, 0.717) is 5.82 Å². The number of aromatic nitrogens is 2. The Morgan fingerprint density at radius 3 is 2.50 bits per heavy atom. The summed E-state index contributed by atoms with van der Waals surface area (Å²) in [6.07, 6.45) is 1.68. The molecule has 138 valence electrons. The first-order chi connectivity index (χ1) is 12.2. The Balaban J connectivity index is 2.15. The van der Waals surface area contributed by atoms with Crippen molar-refractivity contribution >= 4 is 34.9 Å². The second-order valence-corrected chi connectivity index (χ2v) is 6.39. The third kappa shape index (κ3) is 4.57. The van der Waals surface area contributed by atoms with Crippen LogP contribution in [0.15, 0.2) is 30.5 Å². The van der Waals surface area contributed by atoms with Crippen LogP contribution in [0.3, 0.4) is 0 Å². The number of nitro groups is 1. The van der Waals surface area contributed by atoms with Crippen LogP contribution in [0.1, 0.15) is 24.2 Å². The average molecular weight is 380 g/mol. The Bertz CT molecular complexity index is 849. The van der Waals surface area contributed by atoms with Crippen LogP contribution >= 0.6 is 11.6 Å². The van der Waals surface area contributed by atoms with Gasteiger partial charge in [-0.05, 0) is 12.0 Å². The second-order valence-electron chi connectivity index (χ2n) is 5.98. The predicted molar refractivity (Wildman–Crippen MR) is 96.0 cm³/mol. The van der Waals surface area contributed by atoms with Crippen molar-refractivity contribution in [3.63, 3.8) is 0 Å². The molecule has 0 saturated carbocycles. The van der Waals surface area contributed by atoms with E-state index in [4.69, 9.17) is 11.6 Å². The third-order valence-electron chi connectivity index (χ3n) is 3.61. The SMILES string of the molecule is CC(C)[C@H](NC(=O)c1ccc([N+](=O)[O-])cc1Cl)C(=O)Nc1ccn(C)n1. The van der Waals surface area contributed by atoms with Crippen molar-refractivity contribution in [1.29, 1.82) is 0 Å². The Hall–Kier alpha value is -2.94. The van der Waals surface area contributed by atoms with Gasteiger partial charge in [0, 0.05) is 31.4 Å². The summed E-state index contributed by atoms with van der Waals surface area (Å²) in [6, 6.07) is 4.32. The van der Waals surface area contributed by atoms with Crippen molar-refractivity contribution in [2.75, 3.05) is 5.32 Å². The number of nitrogens with zero attached hydrogens (tertiary/aromatic N) is 3. The summed E-state index contributed by atoms with van der Waals surface area (Å²) in [5.74, 6) is -0.866. The number of nitrogens with one attached hydrogen (secondary N) is 2. The van der Waals surface area contributed by atoms with Gasteiger partial charge in [-0.25, -0.2) is 0 Å². The summed E-state index contributed by atoms with van der Waals surface area (Å²) in [6.45, 7) is 3.56. The maximum Gasteiger partial charge on any atom is 0.270 e. The van der Waals surface area contributed by atoms with Gasteiger partial charge in [-0.15, -0.1) is 0 Å². The molecule has 1 heterocycles. The maximum absolute atomic E-state index is 12.5. The molecule has 0 bridgehead atoms. The molecule has 2 amide bonds. The van der Waals surface area contributed by atoms with Crippen LogP contribution in [0.5, 0.6) is 0 Å². The van der Waals surface area contributed by atoms with Crippen LogP contribution in [-0.4, -0.2) is 32.6 Å². The number of non-ortho nitro benzene ring substituents is 1. The number of anilines is 1. The molecular formula is C16H18ClN5O4. The van der Waals surface area contributed by atoms with Gasteiger partial charge in [0.25, 0.3) is 11.6 Å². The van der Waals surface area contributed by atoms with Crippen LogP contribution in [0, 0.1) is 16.0 Å². The molecule has 26 heavy (non-hydrogen) atoms. The molecule has 10 heteroatoms. The fourth-order valence-corrected chi connectivity index (χ4v) is 2.50. The van der Waals surface area contributed by atoms with Crippen LogP contribution in [0.4, 0.5) is 11.5 Å². The van der Waals surface area contributed by atoms with Crippen LogP contribution in [0.2, 0.25) is 5.02 Å². The van der Waals surface area contributed by atoms with E-state index in [9.17, 15) is 19.7 Å². The summed E-state index contributed by atoms with van der Waals surface area (Å²) in [7, 11) is 1.72. The number of hydrogen-bond donors (Lipinski definition) is 2. The maximum atomic E-state index is 12.5. The van der Waals surface area contributed by atoms with E-state index in [0.717, 1.165) is 6.07 Å². The van der Waals surface area contributed by atoms with Gasteiger partial charge in [0.1, 0.15) is 6.04 Å². The van der Waals surface area contributed by atoms with E-state index in [2.05, 4.69) is 15.7 Å². The average Bonchev–Trinajstić information content (AvgIpc) is 2.96. The van der Waals surface area contributed by atoms with Crippen molar-refractivity contribution in [2.45, 2.75) is 19.9 Å². The van der Waals surface area contributed by atoms with Crippen LogP contribution in [-0.2, 0) is 11.8 Å². The first kappa shape index (κ1) is 19.4. The summed E-state index contributed by atoms with van der Waals surface area (Å²) in [5.41, 5.74) is -0.173. The lowest BCUT2D eigenvalue weighted by Crippen LogP contribution is -2.47. The van der Waals surface area contributed by atoms with Crippen LogP contribution in [0.25, 0.3) is 0 Å². The largest absolute Gasteiger partial charge is 0.340 e. The molecule has 0 aliphatic heterocycles. The minimum absolute atomic E-state index is 0.0496. The number of carbonyl (C=O) groups excluding carboxylic acids is 2. The van der Waals surface area contributed by atoms with Gasteiger partial charge in [-0.3, -0.25) is 24.4 Å². The normalized spacial score (nSPS) is 11.9. The highest BCUT2D eigenvalue weighted by molar-refractivity contribution is 6.34. The molecular weight excluding hydrogens is 362 g/mol.